The predicted octanol–water partition coefficient (Wildman–Crippen LogP) is 4.38. The molecule has 0 bridgehead atoms. The third-order valence-corrected chi connectivity index (χ3v) is 4.19. The van der Waals surface area contributed by atoms with E-state index in [0.717, 1.165) is 6.07 Å². The van der Waals surface area contributed by atoms with Gasteiger partial charge in [-0.25, -0.2) is 13.2 Å². The van der Waals surface area contributed by atoms with Gasteiger partial charge in [-0.3, -0.25) is 11.3 Å². The fourth-order valence-corrected chi connectivity index (χ4v) is 2.75. The maximum Gasteiger partial charge on any atom is 0.143 e. The number of rotatable bonds is 4. The topological polar surface area (TPSA) is 38.0 Å². The fraction of sp³-hybridized carbons (Fsp3) is 0.143. The standard InChI is InChI=1S/C14H11Br2F3N2/c15-7-1-3-11(17)8(5-7)13(21-20)6-9-12(18)4-2-10(16)14(9)19/h1-5,13,21H,6,20H2. The third-order valence-electron chi connectivity index (χ3n) is 3.08. The van der Waals surface area contributed by atoms with Crippen molar-refractivity contribution in [1.82, 2.24) is 5.43 Å². The highest BCUT2D eigenvalue weighted by Gasteiger charge is 2.21. The molecule has 0 spiro atoms. The maximum absolute atomic E-state index is 14.0. The molecule has 0 aliphatic heterocycles. The van der Waals surface area contributed by atoms with E-state index < -0.39 is 23.5 Å². The first-order valence-electron chi connectivity index (χ1n) is 5.97. The second kappa shape index (κ2) is 6.91. The van der Waals surface area contributed by atoms with Crippen molar-refractivity contribution >= 4 is 31.9 Å². The summed E-state index contributed by atoms with van der Waals surface area (Å²) >= 11 is 6.23. The summed E-state index contributed by atoms with van der Waals surface area (Å²) in [6.45, 7) is 0. The fourth-order valence-electron chi connectivity index (χ4n) is 2.00. The molecule has 0 aliphatic rings. The van der Waals surface area contributed by atoms with Crippen LogP contribution in [-0.4, -0.2) is 0 Å². The number of nitrogens with one attached hydrogen (secondary N) is 1. The van der Waals surface area contributed by atoms with Gasteiger partial charge < -0.3 is 0 Å². The van der Waals surface area contributed by atoms with Crippen molar-refractivity contribution in [3.63, 3.8) is 0 Å². The minimum absolute atomic E-state index is 0.124. The molecule has 0 saturated carbocycles. The lowest BCUT2D eigenvalue weighted by molar-refractivity contribution is 0.479. The lowest BCUT2D eigenvalue weighted by Gasteiger charge is -2.18. The normalized spacial score (nSPS) is 12.5. The molecule has 2 rings (SSSR count). The molecule has 21 heavy (non-hydrogen) atoms. The minimum atomic E-state index is -0.763. The quantitative estimate of drug-likeness (QED) is 0.435. The molecule has 0 saturated heterocycles. The number of hydrogen-bond donors (Lipinski definition) is 2. The molecule has 2 aromatic rings. The second-order valence-corrected chi connectivity index (χ2v) is 6.18. The first kappa shape index (κ1) is 16.5. The Morgan fingerprint density at radius 3 is 2.38 bits per heavy atom. The molecule has 0 aromatic heterocycles. The van der Waals surface area contributed by atoms with Crippen molar-refractivity contribution < 1.29 is 13.2 Å². The van der Waals surface area contributed by atoms with E-state index in [1.54, 1.807) is 0 Å². The van der Waals surface area contributed by atoms with E-state index >= 15 is 0 Å². The van der Waals surface area contributed by atoms with Crippen molar-refractivity contribution in [3.8, 4) is 0 Å². The van der Waals surface area contributed by atoms with E-state index in [9.17, 15) is 13.2 Å². The van der Waals surface area contributed by atoms with Gasteiger partial charge in [-0.2, -0.15) is 0 Å². The summed E-state index contributed by atoms with van der Waals surface area (Å²) in [5.41, 5.74) is 2.47. The van der Waals surface area contributed by atoms with E-state index in [0.29, 0.717) is 4.47 Å². The SMILES string of the molecule is NNC(Cc1c(F)ccc(Br)c1F)c1cc(Br)ccc1F. The summed E-state index contributed by atoms with van der Waals surface area (Å²) in [6.07, 6.45) is -0.124. The van der Waals surface area contributed by atoms with Crippen molar-refractivity contribution in [2.45, 2.75) is 12.5 Å². The van der Waals surface area contributed by atoms with Gasteiger partial charge in [-0.15, -0.1) is 0 Å². The Morgan fingerprint density at radius 1 is 1.05 bits per heavy atom. The van der Waals surface area contributed by atoms with Crippen LogP contribution in [0.15, 0.2) is 39.3 Å². The highest BCUT2D eigenvalue weighted by Crippen LogP contribution is 2.28. The van der Waals surface area contributed by atoms with Crippen LogP contribution in [0.3, 0.4) is 0 Å². The molecule has 112 valence electrons. The molecule has 2 nitrogen and oxygen atoms in total. The van der Waals surface area contributed by atoms with Crippen LogP contribution in [0.4, 0.5) is 13.2 Å². The van der Waals surface area contributed by atoms with Gasteiger partial charge in [0.05, 0.1) is 10.5 Å². The summed E-state index contributed by atoms with van der Waals surface area (Å²) in [7, 11) is 0. The number of benzene rings is 2. The smallest absolute Gasteiger partial charge is 0.143 e. The van der Waals surface area contributed by atoms with E-state index in [-0.39, 0.29) is 22.0 Å². The van der Waals surface area contributed by atoms with Crippen molar-refractivity contribution in [1.29, 1.82) is 0 Å². The van der Waals surface area contributed by atoms with Crippen LogP contribution in [0.25, 0.3) is 0 Å². The number of nitrogens with two attached hydrogens (primary N) is 1. The minimum Gasteiger partial charge on any atom is -0.271 e. The Labute approximate surface area is 136 Å². The maximum atomic E-state index is 14.0. The van der Waals surface area contributed by atoms with Crippen molar-refractivity contribution in [3.05, 3.63) is 67.9 Å². The summed E-state index contributed by atoms with van der Waals surface area (Å²) in [6, 6.07) is 5.98. The van der Waals surface area contributed by atoms with E-state index in [1.165, 1.54) is 24.3 Å². The zero-order valence-electron chi connectivity index (χ0n) is 10.6. The van der Waals surface area contributed by atoms with Gasteiger partial charge >= 0.3 is 0 Å². The first-order valence-corrected chi connectivity index (χ1v) is 7.56. The van der Waals surface area contributed by atoms with Gasteiger partial charge in [0.1, 0.15) is 17.5 Å². The molecule has 0 fully saturated rings. The molecule has 1 unspecified atom stereocenters. The van der Waals surface area contributed by atoms with Crippen LogP contribution in [0.2, 0.25) is 0 Å². The highest BCUT2D eigenvalue weighted by atomic mass is 79.9. The Bertz CT molecular complexity index is 665. The summed E-state index contributed by atoms with van der Waals surface area (Å²) in [5.74, 6) is 3.50. The summed E-state index contributed by atoms with van der Waals surface area (Å²) in [4.78, 5) is 0. The van der Waals surface area contributed by atoms with Crippen LogP contribution in [0.1, 0.15) is 17.2 Å². The van der Waals surface area contributed by atoms with E-state index in [4.69, 9.17) is 5.84 Å². The van der Waals surface area contributed by atoms with Gasteiger partial charge in [-0.1, -0.05) is 15.9 Å². The van der Waals surface area contributed by atoms with E-state index in [1.807, 2.05) is 0 Å². The Morgan fingerprint density at radius 2 is 1.71 bits per heavy atom. The van der Waals surface area contributed by atoms with Gasteiger partial charge in [0.25, 0.3) is 0 Å². The Kier molecular flexibility index (Phi) is 5.43. The van der Waals surface area contributed by atoms with Crippen molar-refractivity contribution in [2.24, 2.45) is 5.84 Å². The Balaban J connectivity index is 2.40. The molecule has 7 heteroatoms. The van der Waals surface area contributed by atoms with Crippen LogP contribution in [0.5, 0.6) is 0 Å². The highest BCUT2D eigenvalue weighted by molar-refractivity contribution is 9.10. The summed E-state index contributed by atoms with van der Waals surface area (Å²) in [5, 5.41) is 0. The van der Waals surface area contributed by atoms with Gasteiger partial charge in [-0.05, 0) is 52.7 Å². The largest absolute Gasteiger partial charge is 0.271 e. The monoisotopic (exact) mass is 422 g/mol. The predicted molar refractivity (Wildman–Crippen MR) is 81.9 cm³/mol. The van der Waals surface area contributed by atoms with E-state index in [2.05, 4.69) is 37.3 Å². The molecular formula is C14H11Br2F3N2. The zero-order chi connectivity index (χ0) is 15.6. The third kappa shape index (κ3) is 3.66. The number of halogens is 5. The molecule has 0 radical (unpaired) electrons. The average molecular weight is 424 g/mol. The zero-order valence-corrected chi connectivity index (χ0v) is 13.8. The molecular weight excluding hydrogens is 413 g/mol. The average Bonchev–Trinajstić information content (AvgIpc) is 2.46. The van der Waals surface area contributed by atoms with Gasteiger partial charge in [0.15, 0.2) is 0 Å². The molecule has 2 aromatic carbocycles. The lowest BCUT2D eigenvalue weighted by Crippen LogP contribution is -2.30. The van der Waals surface area contributed by atoms with Crippen molar-refractivity contribution in [2.75, 3.05) is 0 Å². The summed E-state index contributed by atoms with van der Waals surface area (Å²) < 4.78 is 42.5. The first-order chi connectivity index (χ1) is 9.93. The van der Waals surface area contributed by atoms with Crippen LogP contribution >= 0.6 is 31.9 Å². The van der Waals surface area contributed by atoms with Crippen LogP contribution in [0, 0.1) is 17.5 Å². The van der Waals surface area contributed by atoms with Gasteiger partial charge in [0, 0.05) is 15.6 Å². The molecule has 0 amide bonds. The second-order valence-electron chi connectivity index (χ2n) is 4.41. The van der Waals surface area contributed by atoms with Crippen LogP contribution in [-0.2, 0) is 6.42 Å². The van der Waals surface area contributed by atoms with Gasteiger partial charge in [0.2, 0.25) is 0 Å². The molecule has 3 N–H and O–H groups in total. The number of hydrazine groups is 1. The number of hydrogen-bond acceptors (Lipinski definition) is 2. The van der Waals surface area contributed by atoms with Crippen LogP contribution < -0.4 is 11.3 Å². The Hall–Kier alpha value is -0.890. The molecule has 0 aliphatic carbocycles. The molecule has 1 atom stereocenters. The molecule has 0 heterocycles. The lowest BCUT2D eigenvalue weighted by atomic mass is 9.98.